The average molecular weight is 286 g/mol. The molecular formula is C16H22N4O. The fraction of sp³-hybridized carbons (Fsp3) is 0.500. The van der Waals surface area contributed by atoms with Crippen molar-refractivity contribution in [2.45, 2.75) is 32.2 Å². The molecule has 1 atom stereocenters. The van der Waals surface area contributed by atoms with Crippen LogP contribution < -0.4 is 5.73 Å². The number of rotatable bonds is 4. The highest BCUT2D eigenvalue weighted by molar-refractivity contribution is 5.84. The van der Waals surface area contributed by atoms with E-state index in [4.69, 9.17) is 5.73 Å². The summed E-state index contributed by atoms with van der Waals surface area (Å²) in [5, 5.41) is 0. The van der Waals surface area contributed by atoms with Crippen molar-refractivity contribution in [3.8, 4) is 0 Å². The Hall–Kier alpha value is -1.88. The van der Waals surface area contributed by atoms with Gasteiger partial charge in [-0.15, -0.1) is 0 Å². The lowest BCUT2D eigenvalue weighted by molar-refractivity contribution is -0.133. The molecule has 0 spiro atoms. The lowest BCUT2D eigenvalue weighted by Gasteiger charge is -2.23. The standard InChI is InChI=1S/C16H22N4O/c1-12(16(21)19-10-4-5-11-19)20-14-7-3-2-6-13(14)18-15(20)8-9-17/h2-3,6-7,12H,4-5,8-11,17H2,1H3. The third-order valence-electron chi connectivity index (χ3n) is 4.20. The maximum atomic E-state index is 12.7. The van der Waals surface area contributed by atoms with Crippen LogP contribution in [0.25, 0.3) is 11.0 Å². The molecule has 1 amide bonds. The second kappa shape index (κ2) is 5.85. The van der Waals surface area contributed by atoms with Crippen molar-refractivity contribution < 1.29 is 4.79 Å². The van der Waals surface area contributed by atoms with Gasteiger partial charge in [-0.05, 0) is 38.4 Å². The monoisotopic (exact) mass is 286 g/mol. The van der Waals surface area contributed by atoms with Gasteiger partial charge in [0.05, 0.1) is 11.0 Å². The molecule has 1 fully saturated rings. The Balaban J connectivity index is 2.00. The SMILES string of the molecule is CC(C(=O)N1CCCC1)n1c(CCN)nc2ccccc21. The number of hydrogen-bond donors (Lipinski definition) is 1. The van der Waals surface area contributed by atoms with Gasteiger partial charge in [-0.1, -0.05) is 12.1 Å². The van der Waals surface area contributed by atoms with Crippen molar-refractivity contribution in [1.82, 2.24) is 14.5 Å². The molecular weight excluding hydrogens is 264 g/mol. The molecule has 0 saturated carbocycles. The molecule has 3 rings (SSSR count). The molecule has 2 heterocycles. The maximum absolute atomic E-state index is 12.7. The predicted molar refractivity (Wildman–Crippen MR) is 83.0 cm³/mol. The number of fused-ring (bicyclic) bond motifs is 1. The summed E-state index contributed by atoms with van der Waals surface area (Å²) in [6, 6.07) is 7.74. The van der Waals surface area contributed by atoms with Crippen LogP contribution in [0, 0.1) is 0 Å². The minimum absolute atomic E-state index is 0.189. The van der Waals surface area contributed by atoms with Crippen LogP contribution in [0.4, 0.5) is 0 Å². The van der Waals surface area contributed by atoms with E-state index >= 15 is 0 Å². The minimum Gasteiger partial charge on any atom is -0.341 e. The number of likely N-dealkylation sites (tertiary alicyclic amines) is 1. The van der Waals surface area contributed by atoms with E-state index in [0.717, 1.165) is 42.8 Å². The summed E-state index contributed by atoms with van der Waals surface area (Å²) >= 11 is 0. The Morgan fingerprint density at radius 2 is 2.05 bits per heavy atom. The number of amides is 1. The van der Waals surface area contributed by atoms with Gasteiger partial charge in [0, 0.05) is 19.5 Å². The summed E-state index contributed by atoms with van der Waals surface area (Å²) < 4.78 is 2.06. The summed E-state index contributed by atoms with van der Waals surface area (Å²) in [5.41, 5.74) is 7.65. The maximum Gasteiger partial charge on any atom is 0.245 e. The molecule has 0 aliphatic carbocycles. The summed E-state index contributed by atoms with van der Waals surface area (Å²) in [7, 11) is 0. The smallest absolute Gasteiger partial charge is 0.245 e. The number of hydrogen-bond acceptors (Lipinski definition) is 3. The fourth-order valence-electron chi connectivity index (χ4n) is 3.14. The van der Waals surface area contributed by atoms with Crippen LogP contribution in [0.1, 0.15) is 31.6 Å². The van der Waals surface area contributed by atoms with Crippen LogP contribution in [-0.2, 0) is 11.2 Å². The Morgan fingerprint density at radius 1 is 1.33 bits per heavy atom. The van der Waals surface area contributed by atoms with Crippen molar-refractivity contribution in [3.63, 3.8) is 0 Å². The second-order valence-electron chi connectivity index (χ2n) is 5.63. The fourth-order valence-corrected chi connectivity index (χ4v) is 3.14. The molecule has 21 heavy (non-hydrogen) atoms. The number of benzene rings is 1. The van der Waals surface area contributed by atoms with Gasteiger partial charge in [0.15, 0.2) is 0 Å². The van der Waals surface area contributed by atoms with Crippen molar-refractivity contribution in [2.75, 3.05) is 19.6 Å². The highest BCUT2D eigenvalue weighted by Gasteiger charge is 2.27. The number of imidazole rings is 1. The molecule has 1 aromatic heterocycles. The van der Waals surface area contributed by atoms with E-state index < -0.39 is 0 Å². The van der Waals surface area contributed by atoms with Crippen LogP contribution in [0.5, 0.6) is 0 Å². The van der Waals surface area contributed by atoms with Gasteiger partial charge in [0.1, 0.15) is 11.9 Å². The van der Waals surface area contributed by atoms with Crippen molar-refractivity contribution in [2.24, 2.45) is 5.73 Å². The van der Waals surface area contributed by atoms with Crippen LogP contribution >= 0.6 is 0 Å². The summed E-state index contributed by atoms with van der Waals surface area (Å²) in [4.78, 5) is 19.3. The van der Waals surface area contributed by atoms with Gasteiger partial charge in [0.2, 0.25) is 5.91 Å². The summed E-state index contributed by atoms with van der Waals surface area (Å²) in [6.45, 7) is 4.26. The first kappa shape index (κ1) is 14.1. The molecule has 0 radical (unpaired) electrons. The minimum atomic E-state index is -0.225. The number of carbonyl (C=O) groups is 1. The molecule has 1 unspecified atom stereocenters. The largest absolute Gasteiger partial charge is 0.341 e. The Morgan fingerprint density at radius 3 is 2.76 bits per heavy atom. The third kappa shape index (κ3) is 2.53. The quantitative estimate of drug-likeness (QED) is 0.930. The molecule has 5 nitrogen and oxygen atoms in total. The lowest BCUT2D eigenvalue weighted by atomic mass is 10.2. The number of nitrogens with zero attached hydrogens (tertiary/aromatic N) is 3. The molecule has 0 bridgehead atoms. The molecule has 5 heteroatoms. The van der Waals surface area contributed by atoms with Gasteiger partial charge in [-0.25, -0.2) is 4.98 Å². The normalized spacial score (nSPS) is 16.6. The molecule has 2 aromatic rings. The second-order valence-corrected chi connectivity index (χ2v) is 5.63. The number of aromatic nitrogens is 2. The average Bonchev–Trinajstić information content (AvgIpc) is 3.13. The topological polar surface area (TPSA) is 64.2 Å². The first-order valence-electron chi connectivity index (χ1n) is 7.67. The van der Waals surface area contributed by atoms with E-state index in [1.807, 2.05) is 36.1 Å². The van der Waals surface area contributed by atoms with Gasteiger partial charge in [-0.3, -0.25) is 4.79 Å². The molecule has 112 valence electrons. The van der Waals surface area contributed by atoms with Gasteiger partial charge >= 0.3 is 0 Å². The van der Waals surface area contributed by atoms with Gasteiger partial charge in [-0.2, -0.15) is 0 Å². The Labute approximate surface area is 124 Å². The zero-order valence-corrected chi connectivity index (χ0v) is 12.5. The van der Waals surface area contributed by atoms with Crippen LogP contribution in [0.15, 0.2) is 24.3 Å². The lowest BCUT2D eigenvalue weighted by Crippen LogP contribution is -2.34. The van der Waals surface area contributed by atoms with E-state index in [0.29, 0.717) is 13.0 Å². The van der Waals surface area contributed by atoms with Crippen molar-refractivity contribution in [1.29, 1.82) is 0 Å². The number of nitrogens with two attached hydrogens (primary N) is 1. The molecule has 2 N–H and O–H groups in total. The predicted octanol–water partition coefficient (Wildman–Crippen LogP) is 1.72. The van der Waals surface area contributed by atoms with E-state index in [1.165, 1.54) is 0 Å². The first-order chi connectivity index (χ1) is 10.2. The number of carbonyl (C=O) groups excluding carboxylic acids is 1. The first-order valence-corrected chi connectivity index (χ1v) is 7.67. The molecule has 1 aliphatic heterocycles. The van der Waals surface area contributed by atoms with E-state index in [-0.39, 0.29) is 11.9 Å². The Kier molecular flexibility index (Phi) is 3.92. The van der Waals surface area contributed by atoms with Gasteiger partial charge < -0.3 is 15.2 Å². The highest BCUT2D eigenvalue weighted by atomic mass is 16.2. The van der Waals surface area contributed by atoms with E-state index in [2.05, 4.69) is 9.55 Å². The van der Waals surface area contributed by atoms with E-state index in [9.17, 15) is 4.79 Å². The van der Waals surface area contributed by atoms with Crippen LogP contribution in [-0.4, -0.2) is 40.0 Å². The third-order valence-corrected chi connectivity index (χ3v) is 4.20. The summed E-state index contributed by atoms with van der Waals surface area (Å²) in [5.74, 6) is 1.09. The van der Waals surface area contributed by atoms with Gasteiger partial charge in [0.25, 0.3) is 0 Å². The summed E-state index contributed by atoms with van der Waals surface area (Å²) in [6.07, 6.45) is 2.91. The molecule has 1 saturated heterocycles. The highest BCUT2D eigenvalue weighted by Crippen LogP contribution is 2.24. The zero-order chi connectivity index (χ0) is 14.8. The molecule has 1 aliphatic rings. The number of para-hydroxylation sites is 2. The Bertz CT molecular complexity index is 643. The van der Waals surface area contributed by atoms with Crippen LogP contribution in [0.3, 0.4) is 0 Å². The van der Waals surface area contributed by atoms with Crippen molar-refractivity contribution in [3.05, 3.63) is 30.1 Å². The van der Waals surface area contributed by atoms with Crippen LogP contribution in [0.2, 0.25) is 0 Å². The molecule has 1 aromatic carbocycles. The van der Waals surface area contributed by atoms with E-state index in [1.54, 1.807) is 0 Å². The zero-order valence-electron chi connectivity index (χ0n) is 12.5. The van der Waals surface area contributed by atoms with Crippen molar-refractivity contribution >= 4 is 16.9 Å².